The first-order valence-corrected chi connectivity index (χ1v) is 8.96. The van der Waals surface area contributed by atoms with E-state index in [2.05, 4.69) is 10.3 Å². The Morgan fingerprint density at radius 2 is 1.96 bits per heavy atom. The van der Waals surface area contributed by atoms with Gasteiger partial charge < -0.3 is 15.3 Å². The molecule has 0 spiro atoms. The van der Waals surface area contributed by atoms with E-state index in [9.17, 15) is 22.8 Å². The van der Waals surface area contributed by atoms with Crippen molar-refractivity contribution in [3.63, 3.8) is 0 Å². The summed E-state index contributed by atoms with van der Waals surface area (Å²) in [6, 6.07) is 8.70. The van der Waals surface area contributed by atoms with Crippen LogP contribution in [-0.4, -0.2) is 46.3 Å². The van der Waals surface area contributed by atoms with E-state index in [-0.39, 0.29) is 6.54 Å². The highest BCUT2D eigenvalue weighted by Crippen LogP contribution is 2.37. The van der Waals surface area contributed by atoms with Crippen LogP contribution >= 0.6 is 11.3 Å². The molecule has 2 heterocycles. The fraction of sp³-hybridized carbons (Fsp3) is 0.353. The molecule has 0 radical (unpaired) electrons. The largest absolute Gasteiger partial charge is 0.481 e. The molecule has 2 amide bonds. The minimum atomic E-state index is -4.67. The van der Waals surface area contributed by atoms with Crippen LogP contribution in [0.1, 0.15) is 5.69 Å². The van der Waals surface area contributed by atoms with E-state index in [1.165, 1.54) is 11.3 Å². The Hall–Kier alpha value is -2.62. The van der Waals surface area contributed by atoms with E-state index in [1.807, 2.05) is 30.3 Å². The molecule has 1 saturated heterocycles. The number of likely N-dealkylation sites (tertiary alicyclic amines) is 1. The van der Waals surface area contributed by atoms with E-state index in [0.29, 0.717) is 5.69 Å². The lowest BCUT2D eigenvalue weighted by molar-refractivity contribution is -0.187. The van der Waals surface area contributed by atoms with Crippen molar-refractivity contribution in [1.82, 2.24) is 15.2 Å². The average Bonchev–Trinajstić information content (AvgIpc) is 3.27. The van der Waals surface area contributed by atoms with Crippen LogP contribution in [-0.2, 0) is 11.3 Å². The molecule has 1 aliphatic heterocycles. The quantitative estimate of drug-likeness (QED) is 0.827. The molecule has 2 N–H and O–H groups in total. The Balaban J connectivity index is 1.60. The number of hydrogen-bond donors (Lipinski definition) is 2. The number of nitrogens with zero attached hydrogens (tertiary/aromatic N) is 2. The Morgan fingerprint density at radius 3 is 2.56 bits per heavy atom. The lowest BCUT2D eigenvalue weighted by Gasteiger charge is -2.18. The molecule has 10 heteroatoms. The van der Waals surface area contributed by atoms with Crippen molar-refractivity contribution >= 4 is 23.3 Å². The molecule has 0 saturated carbocycles. The first-order chi connectivity index (χ1) is 12.8. The maximum absolute atomic E-state index is 13.0. The molecule has 144 valence electrons. The van der Waals surface area contributed by atoms with Crippen molar-refractivity contribution in [3.05, 3.63) is 41.4 Å². The Kier molecular flexibility index (Phi) is 5.36. The standard InChI is InChI=1S/C17H16F3N3O3S/c18-17(19,20)13-8-23(7-12(13)15(24)25)16(26)21-6-11-9-27-14(22-11)10-4-2-1-3-5-10/h1-5,9,12-13H,6-8H2,(H,21,26)(H,24,25)/t12-,13-/m1/s1. The van der Waals surface area contributed by atoms with Crippen molar-refractivity contribution in [2.45, 2.75) is 12.7 Å². The number of carboxylic acid groups (broad SMARTS) is 1. The average molecular weight is 399 g/mol. The van der Waals surface area contributed by atoms with Gasteiger partial charge in [0.05, 0.1) is 24.1 Å². The molecule has 27 heavy (non-hydrogen) atoms. The van der Waals surface area contributed by atoms with Gasteiger partial charge in [-0.1, -0.05) is 30.3 Å². The fourth-order valence-electron chi connectivity index (χ4n) is 2.93. The number of alkyl halides is 3. The Bertz CT molecular complexity index is 826. The molecular weight excluding hydrogens is 383 g/mol. The number of urea groups is 1. The molecule has 1 aliphatic rings. The van der Waals surface area contributed by atoms with Crippen LogP contribution in [0.5, 0.6) is 0 Å². The lowest BCUT2D eigenvalue weighted by atomic mass is 9.96. The molecule has 1 aromatic carbocycles. The summed E-state index contributed by atoms with van der Waals surface area (Å²) in [5.41, 5.74) is 1.51. The number of nitrogens with one attached hydrogen (secondary N) is 1. The smallest absolute Gasteiger partial charge is 0.394 e. The van der Waals surface area contributed by atoms with Gasteiger partial charge in [-0.25, -0.2) is 9.78 Å². The van der Waals surface area contributed by atoms with Crippen molar-refractivity contribution in [3.8, 4) is 10.6 Å². The number of carbonyl (C=O) groups excluding carboxylic acids is 1. The van der Waals surface area contributed by atoms with Gasteiger partial charge in [-0.2, -0.15) is 13.2 Å². The summed E-state index contributed by atoms with van der Waals surface area (Å²) in [4.78, 5) is 28.5. The molecular formula is C17H16F3N3O3S. The summed E-state index contributed by atoms with van der Waals surface area (Å²) in [7, 11) is 0. The molecule has 0 aliphatic carbocycles. The van der Waals surface area contributed by atoms with Gasteiger partial charge in [0.1, 0.15) is 5.01 Å². The van der Waals surface area contributed by atoms with E-state index >= 15 is 0 Å². The minimum absolute atomic E-state index is 0.0487. The Labute approximate surface area is 156 Å². The fourth-order valence-corrected chi connectivity index (χ4v) is 3.76. The molecule has 1 aromatic heterocycles. The summed E-state index contributed by atoms with van der Waals surface area (Å²) in [5.74, 6) is -5.27. The van der Waals surface area contributed by atoms with E-state index < -0.39 is 43.1 Å². The second-order valence-electron chi connectivity index (χ2n) is 6.17. The van der Waals surface area contributed by atoms with Crippen LogP contribution in [0.25, 0.3) is 10.6 Å². The van der Waals surface area contributed by atoms with Crippen molar-refractivity contribution in [1.29, 1.82) is 0 Å². The van der Waals surface area contributed by atoms with Crippen LogP contribution in [0.3, 0.4) is 0 Å². The number of aromatic nitrogens is 1. The second-order valence-corrected chi connectivity index (χ2v) is 7.02. The summed E-state index contributed by atoms with van der Waals surface area (Å²) < 4.78 is 39.0. The van der Waals surface area contributed by atoms with Gasteiger partial charge in [0.15, 0.2) is 0 Å². The molecule has 2 atom stereocenters. The first-order valence-electron chi connectivity index (χ1n) is 8.08. The maximum atomic E-state index is 13.0. The van der Waals surface area contributed by atoms with E-state index in [0.717, 1.165) is 15.5 Å². The van der Waals surface area contributed by atoms with Crippen LogP contribution in [0.4, 0.5) is 18.0 Å². The zero-order chi connectivity index (χ0) is 19.6. The van der Waals surface area contributed by atoms with Crippen molar-refractivity contribution < 1.29 is 27.9 Å². The van der Waals surface area contributed by atoms with Gasteiger partial charge in [-0.15, -0.1) is 11.3 Å². The highest BCUT2D eigenvalue weighted by Gasteiger charge is 2.53. The number of aliphatic carboxylic acids is 1. The van der Waals surface area contributed by atoms with Crippen LogP contribution in [0.2, 0.25) is 0 Å². The van der Waals surface area contributed by atoms with Crippen LogP contribution < -0.4 is 5.32 Å². The number of thiazole rings is 1. The molecule has 6 nitrogen and oxygen atoms in total. The lowest BCUT2D eigenvalue weighted by Crippen LogP contribution is -2.39. The third kappa shape index (κ3) is 4.38. The first kappa shape index (κ1) is 19.2. The molecule has 3 rings (SSSR count). The van der Waals surface area contributed by atoms with Gasteiger partial charge in [0.2, 0.25) is 0 Å². The maximum Gasteiger partial charge on any atom is 0.394 e. The van der Waals surface area contributed by atoms with Gasteiger partial charge in [-0.3, -0.25) is 4.79 Å². The number of amides is 2. The third-order valence-electron chi connectivity index (χ3n) is 4.34. The predicted molar refractivity (Wildman–Crippen MR) is 92.0 cm³/mol. The highest BCUT2D eigenvalue weighted by atomic mass is 32.1. The zero-order valence-electron chi connectivity index (χ0n) is 13.9. The van der Waals surface area contributed by atoms with Gasteiger partial charge >= 0.3 is 18.2 Å². The van der Waals surface area contributed by atoms with Crippen LogP contribution in [0, 0.1) is 11.8 Å². The van der Waals surface area contributed by atoms with E-state index in [4.69, 9.17) is 5.11 Å². The van der Waals surface area contributed by atoms with Gasteiger partial charge in [0.25, 0.3) is 0 Å². The SMILES string of the molecule is O=C(O)[C@@H]1CN(C(=O)NCc2csc(-c3ccccc3)n2)C[C@H]1C(F)(F)F. The minimum Gasteiger partial charge on any atom is -0.481 e. The van der Waals surface area contributed by atoms with Gasteiger partial charge in [-0.05, 0) is 0 Å². The number of benzene rings is 1. The molecule has 1 fully saturated rings. The molecule has 2 aromatic rings. The summed E-state index contributed by atoms with van der Waals surface area (Å²) in [6.07, 6.45) is -4.67. The van der Waals surface area contributed by atoms with Crippen molar-refractivity contribution in [2.24, 2.45) is 11.8 Å². The zero-order valence-corrected chi connectivity index (χ0v) is 14.8. The topological polar surface area (TPSA) is 82.5 Å². The second kappa shape index (κ2) is 7.55. The van der Waals surface area contributed by atoms with Crippen LogP contribution in [0.15, 0.2) is 35.7 Å². The number of carboxylic acids is 1. The normalized spacial score (nSPS) is 19.9. The summed E-state index contributed by atoms with van der Waals surface area (Å²) in [5, 5.41) is 14.0. The number of rotatable bonds is 4. The molecule has 0 unspecified atom stereocenters. The summed E-state index contributed by atoms with van der Waals surface area (Å²) in [6.45, 7) is -1.09. The number of carbonyl (C=O) groups is 2. The Morgan fingerprint density at radius 1 is 1.26 bits per heavy atom. The summed E-state index contributed by atoms with van der Waals surface area (Å²) >= 11 is 1.39. The van der Waals surface area contributed by atoms with Crippen molar-refractivity contribution in [2.75, 3.05) is 13.1 Å². The van der Waals surface area contributed by atoms with E-state index in [1.54, 1.807) is 5.38 Å². The predicted octanol–water partition coefficient (Wildman–Crippen LogP) is 3.21. The highest BCUT2D eigenvalue weighted by molar-refractivity contribution is 7.13. The number of hydrogen-bond acceptors (Lipinski definition) is 4. The van der Waals surface area contributed by atoms with Gasteiger partial charge in [0, 0.05) is 24.0 Å². The molecule has 0 bridgehead atoms. The monoisotopic (exact) mass is 399 g/mol. The third-order valence-corrected chi connectivity index (χ3v) is 5.28. The number of halogens is 3.